The minimum Gasteiger partial charge on any atom is -0.340 e. The lowest BCUT2D eigenvalue weighted by molar-refractivity contribution is -0.147. The Morgan fingerprint density at radius 2 is 1.89 bits per heavy atom. The van der Waals surface area contributed by atoms with Crippen LogP contribution in [0.5, 0.6) is 0 Å². The second kappa shape index (κ2) is 5.39. The number of rotatable bonds is 3. The van der Waals surface area contributed by atoms with Gasteiger partial charge in [-0.15, -0.1) is 0 Å². The second-order valence-corrected chi connectivity index (χ2v) is 6.90. The fraction of sp³-hybridized carbons (Fsp3) is 0.923. The number of carbonyl (C=O) groups is 1. The highest BCUT2D eigenvalue weighted by Crippen LogP contribution is 2.40. The maximum Gasteiger partial charge on any atom is 0.236 e. The van der Waals surface area contributed by atoms with Crippen LogP contribution in [0.15, 0.2) is 0 Å². The summed E-state index contributed by atoms with van der Waals surface area (Å²) >= 11 is 4.49. The van der Waals surface area contributed by atoms with Gasteiger partial charge in [0.25, 0.3) is 0 Å². The Labute approximate surface area is 116 Å². The molecule has 2 fully saturated rings. The quantitative estimate of drug-likeness (QED) is 0.767. The van der Waals surface area contributed by atoms with Gasteiger partial charge in [-0.1, -0.05) is 0 Å². The van der Waals surface area contributed by atoms with Crippen molar-refractivity contribution in [3.8, 4) is 0 Å². The predicted octanol–water partition coefficient (Wildman–Crippen LogP) is 0.748. The van der Waals surface area contributed by atoms with Crippen molar-refractivity contribution >= 4 is 18.5 Å². The largest absolute Gasteiger partial charge is 0.340 e. The molecule has 1 spiro atoms. The van der Waals surface area contributed by atoms with Crippen LogP contribution < -0.4 is 0 Å². The first-order valence-corrected chi connectivity index (χ1v) is 7.28. The molecule has 104 valence electrons. The van der Waals surface area contributed by atoms with Gasteiger partial charge in [0.2, 0.25) is 5.91 Å². The van der Waals surface area contributed by atoms with Gasteiger partial charge in [0.05, 0.1) is 6.54 Å². The molecule has 2 aliphatic heterocycles. The Kier molecular flexibility index (Phi) is 4.24. The maximum atomic E-state index is 11.9. The van der Waals surface area contributed by atoms with Crippen molar-refractivity contribution in [1.82, 2.24) is 14.7 Å². The van der Waals surface area contributed by atoms with Gasteiger partial charge in [-0.2, -0.15) is 12.6 Å². The van der Waals surface area contributed by atoms with Gasteiger partial charge in [0, 0.05) is 23.9 Å². The van der Waals surface area contributed by atoms with E-state index in [2.05, 4.69) is 24.5 Å². The normalized spacial score (nSPS) is 25.3. The third kappa shape index (κ3) is 3.00. The van der Waals surface area contributed by atoms with Crippen LogP contribution in [0.2, 0.25) is 0 Å². The van der Waals surface area contributed by atoms with Gasteiger partial charge in [-0.05, 0) is 47.0 Å². The molecule has 2 aliphatic rings. The van der Waals surface area contributed by atoms with Gasteiger partial charge in [0.1, 0.15) is 0 Å². The molecule has 0 radical (unpaired) electrons. The number of thiol groups is 1. The zero-order valence-electron chi connectivity index (χ0n) is 11.7. The number of likely N-dealkylation sites (N-methyl/N-ethyl adjacent to an activating group) is 1. The number of amides is 1. The molecule has 0 N–H and O–H groups in total. The Balaban J connectivity index is 1.77. The molecule has 2 rings (SSSR count). The van der Waals surface area contributed by atoms with Crippen molar-refractivity contribution in [2.24, 2.45) is 5.41 Å². The van der Waals surface area contributed by atoms with E-state index in [1.807, 2.05) is 23.9 Å². The van der Waals surface area contributed by atoms with Crippen LogP contribution in [-0.2, 0) is 4.79 Å². The number of piperidine rings is 1. The lowest BCUT2D eigenvalue weighted by Crippen LogP contribution is -2.63. The van der Waals surface area contributed by atoms with Crippen LogP contribution in [0.1, 0.15) is 19.8 Å². The lowest BCUT2D eigenvalue weighted by Gasteiger charge is -2.54. The van der Waals surface area contributed by atoms with Crippen LogP contribution in [-0.4, -0.2) is 72.8 Å². The minimum atomic E-state index is 0.274. The summed E-state index contributed by atoms with van der Waals surface area (Å²) in [6, 6.07) is 0. The molecule has 0 aromatic heterocycles. The van der Waals surface area contributed by atoms with Crippen molar-refractivity contribution in [2.75, 3.05) is 46.8 Å². The van der Waals surface area contributed by atoms with Crippen LogP contribution in [0.4, 0.5) is 0 Å². The van der Waals surface area contributed by atoms with E-state index in [0.717, 1.165) is 26.2 Å². The number of carbonyl (C=O) groups excluding carboxylic acids is 1. The average molecular weight is 271 g/mol. The molecule has 2 heterocycles. The molecule has 0 saturated carbocycles. The molecule has 0 aromatic rings. The maximum absolute atomic E-state index is 11.9. The van der Waals surface area contributed by atoms with Crippen LogP contribution in [0.3, 0.4) is 0 Å². The molecule has 0 bridgehead atoms. The van der Waals surface area contributed by atoms with Crippen LogP contribution in [0, 0.1) is 5.41 Å². The molecule has 0 aliphatic carbocycles. The van der Waals surface area contributed by atoms with E-state index in [9.17, 15) is 4.79 Å². The smallest absolute Gasteiger partial charge is 0.236 e. The number of hydrogen-bond acceptors (Lipinski definition) is 4. The Bertz CT molecular complexity index is 303. The summed E-state index contributed by atoms with van der Waals surface area (Å²) in [6.45, 7) is 6.86. The molecular weight excluding hydrogens is 246 g/mol. The summed E-state index contributed by atoms with van der Waals surface area (Å²) in [5.74, 6) is 0.274. The molecule has 1 atom stereocenters. The topological polar surface area (TPSA) is 26.8 Å². The monoisotopic (exact) mass is 271 g/mol. The Morgan fingerprint density at radius 3 is 2.33 bits per heavy atom. The average Bonchev–Trinajstić information content (AvgIpc) is 2.24. The van der Waals surface area contributed by atoms with E-state index in [-0.39, 0.29) is 5.91 Å². The first-order chi connectivity index (χ1) is 8.42. The van der Waals surface area contributed by atoms with Gasteiger partial charge < -0.3 is 9.80 Å². The second-order valence-electron chi connectivity index (χ2n) is 6.16. The van der Waals surface area contributed by atoms with Gasteiger partial charge in [-0.3, -0.25) is 9.69 Å². The minimum absolute atomic E-state index is 0.274. The van der Waals surface area contributed by atoms with Crippen molar-refractivity contribution < 1.29 is 4.79 Å². The molecule has 18 heavy (non-hydrogen) atoms. The molecule has 0 aromatic carbocycles. The first-order valence-electron chi connectivity index (χ1n) is 6.76. The molecule has 5 heteroatoms. The molecular formula is C13H25N3OS. The molecule has 4 nitrogen and oxygen atoms in total. The summed E-state index contributed by atoms with van der Waals surface area (Å²) in [6.07, 6.45) is 2.42. The van der Waals surface area contributed by atoms with Crippen LogP contribution in [0.25, 0.3) is 0 Å². The van der Waals surface area contributed by atoms with E-state index >= 15 is 0 Å². The summed E-state index contributed by atoms with van der Waals surface area (Å²) in [4.78, 5) is 18.3. The summed E-state index contributed by atoms with van der Waals surface area (Å²) in [5, 5.41) is 0.355. The Hall–Kier alpha value is -0.260. The molecule has 2 saturated heterocycles. The fourth-order valence-electron chi connectivity index (χ4n) is 3.00. The summed E-state index contributed by atoms with van der Waals surface area (Å²) < 4.78 is 0. The number of likely N-dealkylation sites (tertiary alicyclic amines) is 2. The standard InChI is InChI=1S/C13H25N3OS/c1-11(18)15-6-4-13(5-7-15)9-16(10-13)12(17)8-14(2)3/h11,18H,4-10H2,1-3H3. The number of hydrogen-bond donors (Lipinski definition) is 1. The predicted molar refractivity (Wildman–Crippen MR) is 76.8 cm³/mol. The third-order valence-electron chi connectivity index (χ3n) is 4.24. The highest BCUT2D eigenvalue weighted by molar-refractivity contribution is 7.80. The van der Waals surface area contributed by atoms with E-state index < -0.39 is 0 Å². The fourth-order valence-corrected chi connectivity index (χ4v) is 3.23. The SMILES string of the molecule is CC(S)N1CCC2(CC1)CN(C(=O)CN(C)C)C2. The van der Waals surface area contributed by atoms with Crippen molar-refractivity contribution in [3.05, 3.63) is 0 Å². The summed E-state index contributed by atoms with van der Waals surface area (Å²) in [7, 11) is 3.89. The first kappa shape index (κ1) is 14.2. The van der Waals surface area contributed by atoms with Crippen molar-refractivity contribution in [2.45, 2.75) is 25.1 Å². The summed E-state index contributed by atoms with van der Waals surface area (Å²) in [5.41, 5.74) is 0.418. The van der Waals surface area contributed by atoms with Gasteiger partial charge >= 0.3 is 0 Å². The van der Waals surface area contributed by atoms with Crippen molar-refractivity contribution in [3.63, 3.8) is 0 Å². The van der Waals surface area contributed by atoms with Crippen molar-refractivity contribution in [1.29, 1.82) is 0 Å². The lowest BCUT2D eigenvalue weighted by atomic mass is 9.72. The van der Waals surface area contributed by atoms with E-state index in [1.54, 1.807) is 0 Å². The van der Waals surface area contributed by atoms with Gasteiger partial charge in [-0.25, -0.2) is 0 Å². The number of nitrogens with zero attached hydrogens (tertiary/aromatic N) is 3. The van der Waals surface area contributed by atoms with Gasteiger partial charge in [0.15, 0.2) is 0 Å². The molecule has 1 unspecified atom stereocenters. The highest BCUT2D eigenvalue weighted by Gasteiger charge is 2.46. The molecule has 1 amide bonds. The highest BCUT2D eigenvalue weighted by atomic mass is 32.1. The van der Waals surface area contributed by atoms with E-state index in [1.165, 1.54) is 12.8 Å². The zero-order chi connectivity index (χ0) is 13.3. The van der Waals surface area contributed by atoms with Crippen LogP contribution >= 0.6 is 12.6 Å². The van der Waals surface area contributed by atoms with E-state index in [0.29, 0.717) is 17.3 Å². The third-order valence-corrected chi connectivity index (χ3v) is 4.57. The van der Waals surface area contributed by atoms with E-state index in [4.69, 9.17) is 0 Å². The Morgan fingerprint density at radius 1 is 1.33 bits per heavy atom. The zero-order valence-corrected chi connectivity index (χ0v) is 12.6.